The van der Waals surface area contributed by atoms with E-state index in [-0.39, 0.29) is 12.1 Å². The highest BCUT2D eigenvalue weighted by Crippen LogP contribution is 2.29. The van der Waals surface area contributed by atoms with Crippen molar-refractivity contribution < 1.29 is 9.47 Å². The molecule has 2 unspecified atom stereocenters. The summed E-state index contributed by atoms with van der Waals surface area (Å²) in [6.07, 6.45) is 3.63. The van der Waals surface area contributed by atoms with Crippen LogP contribution < -0.4 is 10.1 Å². The average molecular weight is 347 g/mol. The highest BCUT2D eigenvalue weighted by atomic mass is 16.5. The molecular formula is C21H21N3O2. The zero-order chi connectivity index (χ0) is 17.6. The van der Waals surface area contributed by atoms with Crippen LogP contribution in [0.5, 0.6) is 11.6 Å². The number of nitrogens with one attached hydrogen (secondary N) is 1. The molecule has 4 rings (SSSR count). The van der Waals surface area contributed by atoms with Gasteiger partial charge in [-0.25, -0.2) is 4.98 Å². The number of hydrogen-bond donors (Lipinski definition) is 1. The molecule has 1 aliphatic heterocycles. The lowest BCUT2D eigenvalue weighted by atomic mass is 9.97. The van der Waals surface area contributed by atoms with Crippen LogP contribution in [0.15, 0.2) is 72.9 Å². The second-order valence-electron chi connectivity index (χ2n) is 6.27. The van der Waals surface area contributed by atoms with E-state index in [4.69, 9.17) is 9.47 Å². The molecule has 2 atom stereocenters. The minimum atomic E-state index is 0.103. The molecule has 1 saturated heterocycles. The van der Waals surface area contributed by atoms with Gasteiger partial charge in [-0.2, -0.15) is 4.98 Å². The maximum Gasteiger partial charge on any atom is 0.226 e. The maximum absolute atomic E-state index is 5.93. The summed E-state index contributed by atoms with van der Waals surface area (Å²) < 4.78 is 11.7. The van der Waals surface area contributed by atoms with Crippen molar-refractivity contribution in [2.75, 3.05) is 11.9 Å². The number of ether oxygens (including phenoxy) is 2. The Labute approximate surface area is 153 Å². The zero-order valence-corrected chi connectivity index (χ0v) is 14.4. The SMILES string of the molecule is c1ccc(Oc2ccnc(NC3CCOC(c4ccccc4)C3)n2)cc1. The number of nitrogens with zero attached hydrogens (tertiary/aromatic N) is 2. The van der Waals surface area contributed by atoms with Crippen LogP contribution >= 0.6 is 0 Å². The molecule has 0 amide bonds. The van der Waals surface area contributed by atoms with E-state index in [2.05, 4.69) is 27.4 Å². The van der Waals surface area contributed by atoms with E-state index in [1.54, 1.807) is 12.3 Å². The van der Waals surface area contributed by atoms with E-state index in [0.717, 1.165) is 25.2 Å². The normalized spacial score (nSPS) is 19.7. The Bertz CT molecular complexity index is 827. The van der Waals surface area contributed by atoms with Gasteiger partial charge < -0.3 is 14.8 Å². The van der Waals surface area contributed by atoms with Crippen LogP contribution in [0.2, 0.25) is 0 Å². The van der Waals surface area contributed by atoms with Crippen LogP contribution in [0.25, 0.3) is 0 Å². The van der Waals surface area contributed by atoms with Gasteiger partial charge in [0.25, 0.3) is 0 Å². The first-order chi connectivity index (χ1) is 12.9. The van der Waals surface area contributed by atoms with Crippen molar-refractivity contribution in [3.63, 3.8) is 0 Å². The number of anilines is 1. The predicted octanol–water partition coefficient (Wildman–Crippen LogP) is 4.60. The van der Waals surface area contributed by atoms with Gasteiger partial charge in [0.1, 0.15) is 5.75 Å². The highest BCUT2D eigenvalue weighted by molar-refractivity contribution is 5.32. The van der Waals surface area contributed by atoms with Crippen molar-refractivity contribution in [3.05, 3.63) is 78.5 Å². The minimum absolute atomic E-state index is 0.103. The third-order valence-corrected chi connectivity index (χ3v) is 4.38. The number of para-hydroxylation sites is 1. The Morgan fingerprint density at radius 2 is 1.73 bits per heavy atom. The lowest BCUT2D eigenvalue weighted by Gasteiger charge is -2.30. The molecule has 0 spiro atoms. The molecule has 0 aliphatic carbocycles. The Kier molecular flexibility index (Phi) is 5.07. The summed E-state index contributed by atoms with van der Waals surface area (Å²) in [5.74, 6) is 1.87. The number of aromatic nitrogens is 2. The van der Waals surface area contributed by atoms with Gasteiger partial charge in [0.2, 0.25) is 11.8 Å². The van der Waals surface area contributed by atoms with Crippen molar-refractivity contribution in [1.82, 2.24) is 9.97 Å². The van der Waals surface area contributed by atoms with Crippen LogP contribution in [0.3, 0.4) is 0 Å². The van der Waals surface area contributed by atoms with E-state index in [0.29, 0.717) is 11.8 Å². The lowest BCUT2D eigenvalue weighted by Crippen LogP contribution is -2.30. The molecule has 1 fully saturated rings. The van der Waals surface area contributed by atoms with E-state index < -0.39 is 0 Å². The fraction of sp³-hybridized carbons (Fsp3) is 0.238. The molecule has 0 saturated carbocycles. The standard InChI is InChI=1S/C21H21N3O2/c1-3-7-16(8-4-1)19-15-17(12-14-25-19)23-21-22-13-11-20(24-21)26-18-9-5-2-6-10-18/h1-11,13,17,19H,12,14-15H2,(H,22,23,24). The van der Waals surface area contributed by atoms with E-state index in [1.165, 1.54) is 5.56 Å². The third-order valence-electron chi connectivity index (χ3n) is 4.38. The van der Waals surface area contributed by atoms with Crippen LogP contribution in [-0.2, 0) is 4.74 Å². The van der Waals surface area contributed by atoms with Crippen LogP contribution in [0, 0.1) is 0 Å². The summed E-state index contributed by atoms with van der Waals surface area (Å²) in [4.78, 5) is 8.80. The maximum atomic E-state index is 5.93. The lowest BCUT2D eigenvalue weighted by molar-refractivity contribution is 0.00969. The molecule has 2 aromatic carbocycles. The second-order valence-corrected chi connectivity index (χ2v) is 6.27. The Morgan fingerprint density at radius 1 is 0.962 bits per heavy atom. The van der Waals surface area contributed by atoms with Crippen LogP contribution in [0.4, 0.5) is 5.95 Å². The van der Waals surface area contributed by atoms with Gasteiger partial charge in [0.05, 0.1) is 6.10 Å². The van der Waals surface area contributed by atoms with E-state index >= 15 is 0 Å². The number of hydrogen-bond acceptors (Lipinski definition) is 5. The highest BCUT2D eigenvalue weighted by Gasteiger charge is 2.24. The van der Waals surface area contributed by atoms with E-state index in [1.807, 2.05) is 48.5 Å². The summed E-state index contributed by atoms with van der Waals surface area (Å²) in [6.45, 7) is 0.720. The van der Waals surface area contributed by atoms with Crippen LogP contribution in [-0.4, -0.2) is 22.6 Å². The molecule has 132 valence electrons. The van der Waals surface area contributed by atoms with Crippen molar-refractivity contribution in [2.24, 2.45) is 0 Å². The Balaban J connectivity index is 1.41. The van der Waals surface area contributed by atoms with Crippen molar-refractivity contribution >= 4 is 5.95 Å². The largest absolute Gasteiger partial charge is 0.439 e. The first-order valence-corrected chi connectivity index (χ1v) is 8.86. The topological polar surface area (TPSA) is 56.3 Å². The van der Waals surface area contributed by atoms with Gasteiger partial charge >= 0.3 is 0 Å². The number of benzene rings is 2. The third kappa shape index (κ3) is 4.18. The molecule has 0 bridgehead atoms. The van der Waals surface area contributed by atoms with Crippen LogP contribution in [0.1, 0.15) is 24.5 Å². The Hall–Kier alpha value is -2.92. The molecule has 2 heterocycles. The molecule has 5 heteroatoms. The van der Waals surface area contributed by atoms with Gasteiger partial charge in [-0.05, 0) is 30.5 Å². The van der Waals surface area contributed by atoms with Crippen molar-refractivity contribution in [2.45, 2.75) is 25.0 Å². The molecule has 0 radical (unpaired) electrons. The van der Waals surface area contributed by atoms with Gasteiger partial charge in [0, 0.05) is 24.9 Å². The van der Waals surface area contributed by atoms with Gasteiger partial charge in [0.15, 0.2) is 0 Å². The van der Waals surface area contributed by atoms with Crippen molar-refractivity contribution in [1.29, 1.82) is 0 Å². The smallest absolute Gasteiger partial charge is 0.226 e. The summed E-state index contributed by atoms with van der Waals surface area (Å²) in [5.41, 5.74) is 1.21. The predicted molar refractivity (Wildman–Crippen MR) is 100 cm³/mol. The van der Waals surface area contributed by atoms with Gasteiger partial charge in [-0.15, -0.1) is 0 Å². The first-order valence-electron chi connectivity index (χ1n) is 8.86. The molecule has 5 nitrogen and oxygen atoms in total. The Morgan fingerprint density at radius 3 is 2.54 bits per heavy atom. The molecule has 26 heavy (non-hydrogen) atoms. The summed E-state index contributed by atoms with van der Waals surface area (Å²) in [6, 6.07) is 22.0. The van der Waals surface area contributed by atoms with E-state index in [9.17, 15) is 0 Å². The minimum Gasteiger partial charge on any atom is -0.439 e. The average Bonchev–Trinajstić information content (AvgIpc) is 2.70. The second kappa shape index (κ2) is 7.97. The molecule has 1 aliphatic rings. The molecule has 1 aromatic heterocycles. The van der Waals surface area contributed by atoms with Crippen molar-refractivity contribution in [3.8, 4) is 11.6 Å². The molecular weight excluding hydrogens is 326 g/mol. The fourth-order valence-electron chi connectivity index (χ4n) is 3.09. The summed E-state index contributed by atoms with van der Waals surface area (Å²) >= 11 is 0. The molecule has 1 N–H and O–H groups in total. The quantitative estimate of drug-likeness (QED) is 0.731. The fourth-order valence-corrected chi connectivity index (χ4v) is 3.09. The molecule has 3 aromatic rings. The summed E-state index contributed by atoms with van der Waals surface area (Å²) in [5, 5.41) is 3.42. The van der Waals surface area contributed by atoms with Gasteiger partial charge in [-0.1, -0.05) is 48.5 Å². The van der Waals surface area contributed by atoms with Gasteiger partial charge in [-0.3, -0.25) is 0 Å². The summed E-state index contributed by atoms with van der Waals surface area (Å²) in [7, 11) is 0. The zero-order valence-electron chi connectivity index (χ0n) is 14.4. The first kappa shape index (κ1) is 16.5. The number of rotatable bonds is 5. The monoisotopic (exact) mass is 347 g/mol.